The topological polar surface area (TPSA) is 79.0 Å². The molecular weight excluding hydrogens is 424 g/mol. The zero-order valence-corrected chi connectivity index (χ0v) is 16.0. The van der Waals surface area contributed by atoms with Gasteiger partial charge in [0.15, 0.2) is 5.03 Å². The molecule has 0 saturated heterocycles. The third kappa shape index (κ3) is 2.87. The number of halogens is 4. The molecule has 2 aliphatic rings. The Bertz CT molecular complexity index is 1230. The third-order valence-corrected chi connectivity index (χ3v) is 7.07. The predicted octanol–water partition coefficient (Wildman–Crippen LogP) is 4.29. The number of nitrogens with zero attached hydrogens (tertiary/aromatic N) is 3. The highest BCUT2D eigenvalue weighted by molar-refractivity contribution is 7.92. The number of hydrogen-bond donors (Lipinski definition) is 1. The molecule has 1 saturated carbocycles. The van der Waals surface area contributed by atoms with Gasteiger partial charge in [0.25, 0.3) is 10.0 Å². The number of rotatable bonds is 3. The van der Waals surface area contributed by atoms with Gasteiger partial charge in [-0.05, 0) is 49.1 Å². The first-order chi connectivity index (χ1) is 14.2. The number of fused-ring (bicyclic) bond motifs is 3. The van der Waals surface area contributed by atoms with Gasteiger partial charge in [-0.3, -0.25) is 9.40 Å². The molecule has 11 heteroatoms. The minimum Gasteiger partial charge on any atom is -0.277 e. The van der Waals surface area contributed by atoms with Gasteiger partial charge in [-0.1, -0.05) is 0 Å². The number of aromatic nitrogens is 3. The van der Waals surface area contributed by atoms with E-state index >= 15 is 0 Å². The molecule has 1 aliphatic heterocycles. The van der Waals surface area contributed by atoms with E-state index in [1.807, 2.05) is 0 Å². The molecule has 3 aromatic rings. The second-order valence-electron chi connectivity index (χ2n) is 7.33. The van der Waals surface area contributed by atoms with E-state index in [0.29, 0.717) is 29.1 Å². The fourth-order valence-corrected chi connectivity index (χ4v) is 5.48. The highest BCUT2D eigenvalue weighted by Crippen LogP contribution is 2.54. The maximum absolute atomic E-state index is 13.9. The normalized spacial score (nSPS) is 18.8. The van der Waals surface area contributed by atoms with Crippen LogP contribution in [0.2, 0.25) is 0 Å². The van der Waals surface area contributed by atoms with E-state index in [0.717, 1.165) is 29.3 Å². The van der Waals surface area contributed by atoms with Crippen LogP contribution in [0, 0.1) is 11.7 Å². The SMILES string of the molecule is O=S(=O)(c1ccc(C(F)(F)F)cn1)N1c2ccc(F)cc2-c2[nH]ncc2[C@H]1C1CC1. The molecule has 6 nitrogen and oxygen atoms in total. The van der Waals surface area contributed by atoms with Crippen molar-refractivity contribution in [2.24, 2.45) is 5.92 Å². The number of nitrogens with one attached hydrogen (secondary N) is 1. The van der Waals surface area contributed by atoms with Crippen molar-refractivity contribution in [3.8, 4) is 11.3 Å². The van der Waals surface area contributed by atoms with Crippen molar-refractivity contribution in [3.63, 3.8) is 0 Å². The monoisotopic (exact) mass is 438 g/mol. The Hall–Kier alpha value is -2.95. The minimum atomic E-state index is -4.63. The third-order valence-electron chi connectivity index (χ3n) is 5.36. The molecule has 5 rings (SSSR count). The summed E-state index contributed by atoms with van der Waals surface area (Å²) in [6.07, 6.45) is -1.05. The van der Waals surface area contributed by atoms with Crippen LogP contribution in [-0.2, 0) is 16.2 Å². The van der Waals surface area contributed by atoms with Gasteiger partial charge in [0.2, 0.25) is 0 Å². The quantitative estimate of drug-likeness (QED) is 0.619. The minimum absolute atomic E-state index is 0.0174. The lowest BCUT2D eigenvalue weighted by atomic mass is 9.93. The van der Waals surface area contributed by atoms with Crippen LogP contribution in [0.15, 0.2) is 47.8 Å². The zero-order chi connectivity index (χ0) is 21.3. The van der Waals surface area contributed by atoms with Crippen molar-refractivity contribution in [2.45, 2.75) is 30.1 Å². The summed E-state index contributed by atoms with van der Waals surface area (Å²) in [6.45, 7) is 0. The van der Waals surface area contributed by atoms with E-state index in [9.17, 15) is 26.0 Å². The molecule has 0 unspecified atom stereocenters. The van der Waals surface area contributed by atoms with Crippen molar-refractivity contribution in [1.82, 2.24) is 15.2 Å². The molecule has 1 fully saturated rings. The van der Waals surface area contributed by atoms with Crippen LogP contribution < -0.4 is 4.31 Å². The smallest absolute Gasteiger partial charge is 0.277 e. The summed E-state index contributed by atoms with van der Waals surface area (Å²) in [6, 6.07) is 4.63. The van der Waals surface area contributed by atoms with E-state index in [1.54, 1.807) is 0 Å². The van der Waals surface area contributed by atoms with Crippen LogP contribution in [0.3, 0.4) is 0 Å². The van der Waals surface area contributed by atoms with Gasteiger partial charge in [0, 0.05) is 17.3 Å². The molecule has 0 bridgehead atoms. The van der Waals surface area contributed by atoms with Crippen LogP contribution in [0.25, 0.3) is 11.3 Å². The molecule has 0 spiro atoms. The summed E-state index contributed by atoms with van der Waals surface area (Å²) < 4.78 is 80.7. The molecule has 30 heavy (non-hydrogen) atoms. The largest absolute Gasteiger partial charge is 0.417 e. The lowest BCUT2D eigenvalue weighted by molar-refractivity contribution is -0.137. The van der Waals surface area contributed by atoms with Crippen molar-refractivity contribution in [3.05, 3.63) is 59.7 Å². The summed E-state index contributed by atoms with van der Waals surface area (Å²) in [5.41, 5.74) is 0.638. The molecule has 3 heterocycles. The molecule has 0 amide bonds. The van der Waals surface area contributed by atoms with Crippen molar-refractivity contribution in [1.29, 1.82) is 0 Å². The summed E-state index contributed by atoms with van der Waals surface area (Å²) in [7, 11) is -4.33. The average Bonchev–Trinajstić information content (AvgIpc) is 3.41. The van der Waals surface area contributed by atoms with E-state index in [1.165, 1.54) is 18.3 Å². The second kappa shape index (κ2) is 6.27. The molecule has 1 atom stereocenters. The first kappa shape index (κ1) is 19.0. The Morgan fingerprint density at radius 2 is 1.87 bits per heavy atom. The lowest BCUT2D eigenvalue weighted by Gasteiger charge is -2.37. The Balaban J connectivity index is 1.68. The number of benzene rings is 1. The van der Waals surface area contributed by atoms with Crippen LogP contribution in [0.1, 0.15) is 30.0 Å². The van der Waals surface area contributed by atoms with Gasteiger partial charge in [-0.2, -0.15) is 26.7 Å². The van der Waals surface area contributed by atoms with Crippen molar-refractivity contribution in [2.75, 3.05) is 4.31 Å². The van der Waals surface area contributed by atoms with Gasteiger partial charge in [-0.25, -0.2) is 9.37 Å². The Morgan fingerprint density at radius 3 is 2.50 bits per heavy atom. The van der Waals surface area contributed by atoms with E-state index in [-0.39, 0.29) is 11.6 Å². The van der Waals surface area contributed by atoms with Crippen LogP contribution in [0.5, 0.6) is 0 Å². The molecule has 156 valence electrons. The molecule has 1 N–H and O–H groups in total. The standard InChI is InChI=1S/C19H14F4N4O2S/c20-12-4-5-15-13(7-12)17-14(9-25-26-17)18(10-1-2-10)27(15)30(28,29)16-6-3-11(8-24-16)19(21,22)23/h3-10,18H,1-2H2,(H,25,26)/t18-/m1/s1. The predicted molar refractivity (Wildman–Crippen MR) is 98.4 cm³/mol. The fourth-order valence-electron chi connectivity index (χ4n) is 3.85. The molecular formula is C19H14F4N4O2S. The first-order valence-corrected chi connectivity index (χ1v) is 10.5. The van der Waals surface area contributed by atoms with E-state index < -0.39 is 38.6 Å². The number of alkyl halides is 3. The van der Waals surface area contributed by atoms with E-state index in [2.05, 4.69) is 15.2 Å². The number of sulfonamides is 1. The van der Waals surface area contributed by atoms with Gasteiger partial charge in [0.1, 0.15) is 5.82 Å². The van der Waals surface area contributed by atoms with Crippen molar-refractivity contribution >= 4 is 15.7 Å². The summed E-state index contributed by atoms with van der Waals surface area (Å²) in [5, 5.41) is 6.31. The number of H-pyrrole nitrogens is 1. The highest BCUT2D eigenvalue weighted by Gasteiger charge is 2.47. The molecule has 1 aliphatic carbocycles. The second-order valence-corrected chi connectivity index (χ2v) is 9.09. The number of pyridine rings is 1. The van der Waals surface area contributed by atoms with Crippen molar-refractivity contribution < 1.29 is 26.0 Å². The summed E-state index contributed by atoms with van der Waals surface area (Å²) >= 11 is 0. The summed E-state index contributed by atoms with van der Waals surface area (Å²) in [5.74, 6) is -0.534. The van der Waals surface area contributed by atoms with Gasteiger partial charge in [0.05, 0.1) is 29.2 Å². The molecule has 2 aromatic heterocycles. The fraction of sp³-hybridized carbons (Fsp3) is 0.263. The Kier molecular flexibility index (Phi) is 3.98. The number of hydrogen-bond acceptors (Lipinski definition) is 4. The summed E-state index contributed by atoms with van der Waals surface area (Å²) in [4.78, 5) is 3.59. The average molecular weight is 438 g/mol. The van der Waals surface area contributed by atoms with Crippen LogP contribution in [-0.4, -0.2) is 23.6 Å². The maximum atomic E-state index is 13.9. The van der Waals surface area contributed by atoms with Gasteiger partial charge in [-0.15, -0.1) is 0 Å². The Labute approximate surface area is 168 Å². The lowest BCUT2D eigenvalue weighted by Crippen LogP contribution is -2.39. The molecule has 0 radical (unpaired) electrons. The molecule has 1 aromatic carbocycles. The van der Waals surface area contributed by atoms with Crippen LogP contribution in [0.4, 0.5) is 23.2 Å². The van der Waals surface area contributed by atoms with Gasteiger partial charge < -0.3 is 0 Å². The first-order valence-electron chi connectivity index (χ1n) is 9.09. The Morgan fingerprint density at radius 1 is 1.10 bits per heavy atom. The van der Waals surface area contributed by atoms with Gasteiger partial charge >= 0.3 is 6.18 Å². The number of anilines is 1. The van der Waals surface area contributed by atoms with Crippen LogP contribution >= 0.6 is 0 Å². The zero-order valence-electron chi connectivity index (χ0n) is 15.2. The highest BCUT2D eigenvalue weighted by atomic mass is 32.2. The maximum Gasteiger partial charge on any atom is 0.417 e. The number of aromatic amines is 1. The van der Waals surface area contributed by atoms with E-state index in [4.69, 9.17) is 0 Å².